The van der Waals surface area contributed by atoms with Crippen molar-refractivity contribution in [1.29, 1.82) is 0 Å². The van der Waals surface area contributed by atoms with Crippen molar-refractivity contribution in [3.05, 3.63) is 108 Å². The van der Waals surface area contributed by atoms with Crippen LogP contribution in [0.25, 0.3) is 11.5 Å². The Bertz CT molecular complexity index is 1320. The molecule has 0 unspecified atom stereocenters. The van der Waals surface area contributed by atoms with Gasteiger partial charge < -0.3 is 4.42 Å². The molecule has 1 aromatic heterocycles. The van der Waals surface area contributed by atoms with Crippen LogP contribution in [-0.2, 0) is 29.3 Å². The first-order valence-corrected chi connectivity index (χ1v) is 11.4. The van der Waals surface area contributed by atoms with Crippen LogP contribution in [0.3, 0.4) is 0 Å². The van der Waals surface area contributed by atoms with Crippen LogP contribution in [0.4, 0.5) is 13.2 Å². The fourth-order valence-corrected chi connectivity index (χ4v) is 4.96. The van der Waals surface area contributed by atoms with Gasteiger partial charge in [-0.2, -0.15) is 17.5 Å². The van der Waals surface area contributed by atoms with Crippen molar-refractivity contribution in [2.24, 2.45) is 0 Å². The number of nitrogens with zero attached hydrogens (tertiary/aromatic N) is 2. The first-order valence-electron chi connectivity index (χ1n) is 9.95. The molecule has 4 aromatic rings. The van der Waals surface area contributed by atoms with Gasteiger partial charge in [0.2, 0.25) is 15.9 Å². The predicted molar refractivity (Wildman–Crippen MR) is 116 cm³/mol. The number of oxazole rings is 1. The number of sulfonamides is 1. The zero-order valence-corrected chi connectivity index (χ0v) is 18.1. The van der Waals surface area contributed by atoms with Gasteiger partial charge in [-0.1, -0.05) is 60.7 Å². The lowest BCUT2D eigenvalue weighted by atomic mass is 10.2. The van der Waals surface area contributed by atoms with E-state index in [0.717, 1.165) is 22.5 Å². The number of halogens is 3. The highest BCUT2D eigenvalue weighted by atomic mass is 32.2. The second-order valence-electron chi connectivity index (χ2n) is 7.26. The largest absolute Gasteiger partial charge is 0.444 e. The SMILES string of the molecule is O=S(=O)(c1ccccc1C(F)(F)F)N(Cc1ccccc1)Cc1coc(-c2ccccc2)n1. The van der Waals surface area contributed by atoms with E-state index in [1.807, 2.05) is 6.07 Å². The number of benzene rings is 3. The molecule has 0 saturated heterocycles. The maximum Gasteiger partial charge on any atom is 0.417 e. The normalized spacial score (nSPS) is 12.2. The molecular formula is C24H19F3N2O3S. The van der Waals surface area contributed by atoms with Crippen LogP contribution in [0.5, 0.6) is 0 Å². The highest BCUT2D eigenvalue weighted by Gasteiger charge is 2.39. The van der Waals surface area contributed by atoms with Crippen molar-refractivity contribution >= 4 is 10.0 Å². The van der Waals surface area contributed by atoms with E-state index in [1.165, 1.54) is 12.3 Å². The summed E-state index contributed by atoms with van der Waals surface area (Å²) in [6.07, 6.45) is -3.51. The Morgan fingerprint density at radius 3 is 2.09 bits per heavy atom. The highest BCUT2D eigenvalue weighted by molar-refractivity contribution is 7.89. The molecule has 1 heterocycles. The summed E-state index contributed by atoms with van der Waals surface area (Å²) in [4.78, 5) is 3.54. The maximum atomic E-state index is 13.6. The monoisotopic (exact) mass is 472 g/mol. The molecule has 3 aromatic carbocycles. The summed E-state index contributed by atoms with van der Waals surface area (Å²) in [5.74, 6) is 0.290. The van der Waals surface area contributed by atoms with Gasteiger partial charge in [0.15, 0.2) is 0 Å². The van der Waals surface area contributed by atoms with Crippen LogP contribution >= 0.6 is 0 Å². The second kappa shape index (κ2) is 9.21. The summed E-state index contributed by atoms with van der Waals surface area (Å²) in [7, 11) is -4.53. The lowest BCUT2D eigenvalue weighted by molar-refractivity contribution is -0.139. The van der Waals surface area contributed by atoms with Crippen LogP contribution in [-0.4, -0.2) is 17.7 Å². The Labute approximate surface area is 189 Å². The molecule has 0 atom stereocenters. The van der Waals surface area contributed by atoms with Crippen molar-refractivity contribution in [3.63, 3.8) is 0 Å². The Kier molecular flexibility index (Phi) is 6.35. The Morgan fingerprint density at radius 1 is 0.818 bits per heavy atom. The summed E-state index contributed by atoms with van der Waals surface area (Å²) in [6, 6.07) is 21.8. The van der Waals surface area contributed by atoms with E-state index in [9.17, 15) is 21.6 Å². The number of hydrogen-bond donors (Lipinski definition) is 0. The van der Waals surface area contributed by atoms with E-state index in [2.05, 4.69) is 4.98 Å². The molecule has 0 spiro atoms. The molecule has 170 valence electrons. The molecule has 0 bridgehead atoms. The minimum Gasteiger partial charge on any atom is -0.444 e. The average molecular weight is 472 g/mol. The third-order valence-electron chi connectivity index (χ3n) is 4.92. The van der Waals surface area contributed by atoms with E-state index in [-0.39, 0.29) is 18.8 Å². The van der Waals surface area contributed by atoms with Crippen molar-refractivity contribution in [3.8, 4) is 11.5 Å². The van der Waals surface area contributed by atoms with E-state index in [4.69, 9.17) is 4.42 Å². The third-order valence-corrected chi connectivity index (χ3v) is 6.77. The van der Waals surface area contributed by atoms with E-state index in [1.54, 1.807) is 54.6 Å². The summed E-state index contributed by atoms with van der Waals surface area (Å²) in [5, 5.41) is 0. The van der Waals surface area contributed by atoms with Gasteiger partial charge in [-0.15, -0.1) is 0 Å². The summed E-state index contributed by atoms with van der Waals surface area (Å²) in [6.45, 7) is -0.400. The number of alkyl halides is 3. The number of rotatable bonds is 7. The van der Waals surface area contributed by atoms with Crippen LogP contribution < -0.4 is 0 Å². The Hall–Kier alpha value is -3.43. The molecule has 0 amide bonds. The molecule has 0 saturated carbocycles. The summed E-state index contributed by atoms with van der Waals surface area (Å²) < 4.78 is 74.1. The van der Waals surface area contributed by atoms with Gasteiger partial charge in [-0.25, -0.2) is 13.4 Å². The molecule has 9 heteroatoms. The van der Waals surface area contributed by atoms with Crippen molar-refractivity contribution in [2.45, 2.75) is 24.2 Å². The van der Waals surface area contributed by atoms with Crippen LogP contribution in [0, 0.1) is 0 Å². The van der Waals surface area contributed by atoms with Gasteiger partial charge in [-0.05, 0) is 29.8 Å². The molecule has 33 heavy (non-hydrogen) atoms. The summed E-state index contributed by atoms with van der Waals surface area (Å²) in [5.41, 5.74) is 0.381. The van der Waals surface area contributed by atoms with Gasteiger partial charge in [0.1, 0.15) is 6.26 Å². The topological polar surface area (TPSA) is 63.4 Å². The molecule has 5 nitrogen and oxygen atoms in total. The first kappa shape index (κ1) is 22.8. The van der Waals surface area contributed by atoms with Gasteiger partial charge in [-0.3, -0.25) is 0 Å². The standard InChI is InChI=1S/C24H19F3N2O3S/c25-24(26,27)21-13-7-8-14-22(21)33(30,31)29(15-18-9-3-1-4-10-18)16-20-17-32-23(28-20)19-11-5-2-6-12-19/h1-14,17H,15-16H2. The van der Waals surface area contributed by atoms with Crippen LogP contribution in [0.2, 0.25) is 0 Å². The number of aromatic nitrogens is 1. The minimum absolute atomic E-state index is 0.136. The van der Waals surface area contributed by atoms with E-state index >= 15 is 0 Å². The Morgan fingerprint density at radius 2 is 1.42 bits per heavy atom. The fraction of sp³-hybridized carbons (Fsp3) is 0.125. The van der Waals surface area contributed by atoms with Gasteiger partial charge in [0, 0.05) is 12.1 Å². The number of hydrogen-bond acceptors (Lipinski definition) is 4. The molecule has 0 aliphatic rings. The zero-order chi connectivity index (χ0) is 23.5. The molecular weight excluding hydrogens is 453 g/mol. The highest BCUT2D eigenvalue weighted by Crippen LogP contribution is 2.36. The summed E-state index contributed by atoms with van der Waals surface area (Å²) >= 11 is 0. The lowest BCUT2D eigenvalue weighted by Crippen LogP contribution is -2.32. The molecule has 0 aliphatic carbocycles. The van der Waals surface area contributed by atoms with Crippen LogP contribution in [0.1, 0.15) is 16.8 Å². The first-order chi connectivity index (χ1) is 15.7. The fourth-order valence-electron chi connectivity index (χ4n) is 3.35. The van der Waals surface area contributed by atoms with Crippen molar-refractivity contribution in [2.75, 3.05) is 0 Å². The lowest BCUT2D eigenvalue weighted by Gasteiger charge is -2.23. The van der Waals surface area contributed by atoms with Crippen molar-refractivity contribution < 1.29 is 26.0 Å². The van der Waals surface area contributed by atoms with Crippen LogP contribution in [0.15, 0.2) is 101 Å². The minimum atomic E-state index is -4.82. The van der Waals surface area contributed by atoms with Crippen molar-refractivity contribution in [1.82, 2.24) is 9.29 Å². The molecule has 0 radical (unpaired) electrons. The molecule has 0 aliphatic heterocycles. The predicted octanol–water partition coefficient (Wildman–Crippen LogP) is 5.75. The zero-order valence-electron chi connectivity index (χ0n) is 17.2. The quantitative estimate of drug-likeness (QED) is 0.344. The average Bonchev–Trinajstić information content (AvgIpc) is 3.28. The third kappa shape index (κ3) is 5.15. The van der Waals surface area contributed by atoms with Gasteiger partial charge >= 0.3 is 6.18 Å². The smallest absolute Gasteiger partial charge is 0.417 e. The molecule has 4 rings (SSSR count). The van der Waals surface area contributed by atoms with E-state index < -0.39 is 26.7 Å². The Balaban J connectivity index is 1.73. The molecule has 0 fully saturated rings. The van der Waals surface area contributed by atoms with E-state index in [0.29, 0.717) is 17.0 Å². The maximum absolute atomic E-state index is 13.6. The second-order valence-corrected chi connectivity index (χ2v) is 9.17. The van der Waals surface area contributed by atoms with Gasteiger partial charge in [0.25, 0.3) is 0 Å². The molecule has 0 N–H and O–H groups in total. The van der Waals surface area contributed by atoms with Gasteiger partial charge in [0.05, 0.1) is 22.7 Å².